The molecule has 0 saturated heterocycles. The molecule has 0 radical (unpaired) electrons. The predicted molar refractivity (Wildman–Crippen MR) is 56.1 cm³/mol. The second-order valence-electron chi connectivity index (χ2n) is 3.11. The molecule has 1 aromatic rings. The molecule has 0 aromatic carbocycles. The van der Waals surface area contributed by atoms with Gasteiger partial charge in [-0.25, -0.2) is 4.98 Å². The van der Waals surface area contributed by atoms with E-state index in [0.717, 1.165) is 11.3 Å². The lowest BCUT2D eigenvalue weighted by atomic mass is 10.2. The molecule has 0 amide bonds. The van der Waals surface area contributed by atoms with E-state index in [1.54, 1.807) is 6.20 Å². The number of hydrogen-bond donors (Lipinski definition) is 2. The van der Waals surface area contributed by atoms with E-state index in [2.05, 4.69) is 10.3 Å². The average Bonchev–Trinajstić information content (AvgIpc) is 2.11. The molecule has 4 heteroatoms. The van der Waals surface area contributed by atoms with Crippen LogP contribution in [0.25, 0.3) is 0 Å². The molecule has 72 valence electrons. The fraction of sp³-hybridized carbons (Fsp3) is 0.444. The first-order valence-electron chi connectivity index (χ1n) is 4.22. The number of aryl methyl sites for hydroxylation is 1. The van der Waals surface area contributed by atoms with Gasteiger partial charge < -0.3 is 11.1 Å². The molecule has 0 aliphatic rings. The molecule has 0 saturated carbocycles. The monoisotopic (exact) mass is 199 g/mol. The molecule has 1 atom stereocenters. The van der Waals surface area contributed by atoms with Crippen molar-refractivity contribution in [1.82, 2.24) is 4.98 Å². The third-order valence-corrected chi connectivity index (χ3v) is 2.18. The zero-order valence-corrected chi connectivity index (χ0v) is 8.60. The van der Waals surface area contributed by atoms with Crippen molar-refractivity contribution in [2.24, 2.45) is 5.73 Å². The average molecular weight is 200 g/mol. The fourth-order valence-corrected chi connectivity index (χ4v) is 1.08. The summed E-state index contributed by atoms with van der Waals surface area (Å²) in [6.07, 6.45) is 1.71. The maximum absolute atomic E-state index is 5.79. The van der Waals surface area contributed by atoms with Crippen LogP contribution >= 0.6 is 11.6 Å². The molecule has 0 aliphatic heterocycles. The topological polar surface area (TPSA) is 50.9 Å². The van der Waals surface area contributed by atoms with E-state index in [-0.39, 0.29) is 6.04 Å². The Morgan fingerprint density at radius 3 is 2.92 bits per heavy atom. The van der Waals surface area contributed by atoms with Gasteiger partial charge in [0.1, 0.15) is 5.15 Å². The minimum absolute atomic E-state index is 0.252. The van der Waals surface area contributed by atoms with Gasteiger partial charge in [0.2, 0.25) is 0 Å². The van der Waals surface area contributed by atoms with Crippen LogP contribution < -0.4 is 11.1 Å². The highest BCUT2D eigenvalue weighted by Gasteiger charge is 2.01. The third-order valence-electron chi connectivity index (χ3n) is 1.78. The highest BCUT2D eigenvalue weighted by molar-refractivity contribution is 6.30. The molecular formula is C9H14ClN3. The van der Waals surface area contributed by atoms with Gasteiger partial charge in [0.05, 0.1) is 11.9 Å². The van der Waals surface area contributed by atoms with Crippen molar-refractivity contribution in [2.75, 3.05) is 11.9 Å². The van der Waals surface area contributed by atoms with Crippen molar-refractivity contribution in [1.29, 1.82) is 0 Å². The van der Waals surface area contributed by atoms with E-state index >= 15 is 0 Å². The largest absolute Gasteiger partial charge is 0.380 e. The zero-order chi connectivity index (χ0) is 9.84. The molecule has 1 rings (SSSR count). The summed E-state index contributed by atoms with van der Waals surface area (Å²) in [6, 6.07) is 2.21. The summed E-state index contributed by atoms with van der Waals surface area (Å²) in [4.78, 5) is 4.03. The van der Waals surface area contributed by atoms with Gasteiger partial charge in [0.15, 0.2) is 0 Å². The summed E-state index contributed by atoms with van der Waals surface area (Å²) in [5, 5.41) is 3.76. The van der Waals surface area contributed by atoms with Crippen molar-refractivity contribution in [3.8, 4) is 0 Å². The minimum atomic E-state index is 0.252. The smallest absolute Gasteiger partial charge is 0.132 e. The first-order valence-corrected chi connectivity index (χ1v) is 4.60. The van der Waals surface area contributed by atoms with Crippen LogP contribution in [0.4, 0.5) is 5.69 Å². The number of rotatable bonds is 3. The zero-order valence-electron chi connectivity index (χ0n) is 7.84. The van der Waals surface area contributed by atoms with Crippen LogP contribution in [-0.4, -0.2) is 17.6 Å². The summed E-state index contributed by atoms with van der Waals surface area (Å²) < 4.78 is 0. The van der Waals surface area contributed by atoms with Crippen LogP contribution in [0, 0.1) is 6.92 Å². The van der Waals surface area contributed by atoms with E-state index in [4.69, 9.17) is 17.3 Å². The highest BCUT2D eigenvalue weighted by atomic mass is 35.5. The van der Waals surface area contributed by atoms with Crippen molar-refractivity contribution >= 4 is 17.3 Å². The molecule has 3 N–H and O–H groups in total. The molecule has 0 fully saturated rings. The van der Waals surface area contributed by atoms with Gasteiger partial charge in [-0.3, -0.25) is 0 Å². The molecule has 13 heavy (non-hydrogen) atoms. The molecule has 1 unspecified atom stereocenters. The predicted octanol–water partition coefficient (Wildman–Crippen LogP) is 1.80. The lowest BCUT2D eigenvalue weighted by Gasteiger charge is -2.12. The van der Waals surface area contributed by atoms with E-state index in [1.165, 1.54) is 0 Å². The summed E-state index contributed by atoms with van der Waals surface area (Å²) in [5.41, 5.74) is 7.41. The van der Waals surface area contributed by atoms with Crippen LogP contribution in [0.5, 0.6) is 0 Å². The van der Waals surface area contributed by atoms with Gasteiger partial charge in [-0.05, 0) is 25.5 Å². The summed E-state index contributed by atoms with van der Waals surface area (Å²) in [5.74, 6) is 0. The molecule has 3 nitrogen and oxygen atoms in total. The number of nitrogens with two attached hydrogens (primary N) is 1. The van der Waals surface area contributed by atoms with Crippen molar-refractivity contribution in [3.63, 3.8) is 0 Å². The van der Waals surface area contributed by atoms with Crippen LogP contribution in [0.15, 0.2) is 12.3 Å². The van der Waals surface area contributed by atoms with Crippen LogP contribution in [0.1, 0.15) is 12.5 Å². The molecule has 1 aromatic heterocycles. The normalized spacial score (nSPS) is 12.6. The van der Waals surface area contributed by atoms with Gasteiger partial charge >= 0.3 is 0 Å². The van der Waals surface area contributed by atoms with Crippen molar-refractivity contribution in [2.45, 2.75) is 19.9 Å². The standard InChI is InChI=1S/C9H14ClN3/c1-6-3-8(5-12-9(6)10)13-7(2)4-11/h3,5,7,13H,4,11H2,1-2H3. The van der Waals surface area contributed by atoms with E-state index in [9.17, 15) is 0 Å². The Balaban J connectivity index is 2.73. The second kappa shape index (κ2) is 4.44. The molecular weight excluding hydrogens is 186 g/mol. The molecule has 1 heterocycles. The van der Waals surface area contributed by atoms with E-state index < -0.39 is 0 Å². The highest BCUT2D eigenvalue weighted by Crippen LogP contribution is 2.16. The number of halogens is 1. The molecule has 0 spiro atoms. The van der Waals surface area contributed by atoms with Gasteiger partial charge in [-0.2, -0.15) is 0 Å². The van der Waals surface area contributed by atoms with E-state index in [1.807, 2.05) is 19.9 Å². The Bertz CT molecular complexity index is 288. The number of nitrogens with zero attached hydrogens (tertiary/aromatic N) is 1. The summed E-state index contributed by atoms with van der Waals surface area (Å²) in [6.45, 7) is 4.54. The lowest BCUT2D eigenvalue weighted by Crippen LogP contribution is -2.25. The lowest BCUT2D eigenvalue weighted by molar-refractivity contribution is 0.803. The molecule has 0 bridgehead atoms. The summed E-state index contributed by atoms with van der Waals surface area (Å²) >= 11 is 5.79. The number of pyridine rings is 1. The summed E-state index contributed by atoms with van der Waals surface area (Å²) in [7, 11) is 0. The maximum atomic E-state index is 5.79. The number of nitrogens with one attached hydrogen (secondary N) is 1. The Morgan fingerprint density at radius 1 is 1.69 bits per heavy atom. The van der Waals surface area contributed by atoms with Gasteiger partial charge in [-0.1, -0.05) is 11.6 Å². The number of anilines is 1. The number of hydrogen-bond acceptors (Lipinski definition) is 3. The maximum Gasteiger partial charge on any atom is 0.132 e. The first-order chi connectivity index (χ1) is 6.13. The quantitative estimate of drug-likeness (QED) is 0.730. The van der Waals surface area contributed by atoms with E-state index in [0.29, 0.717) is 11.7 Å². The Hall–Kier alpha value is -0.800. The SMILES string of the molecule is Cc1cc(NC(C)CN)cnc1Cl. The minimum Gasteiger partial charge on any atom is -0.380 e. The van der Waals surface area contributed by atoms with Crippen LogP contribution in [0.3, 0.4) is 0 Å². The first kappa shape index (κ1) is 10.3. The van der Waals surface area contributed by atoms with Gasteiger partial charge in [0.25, 0.3) is 0 Å². The van der Waals surface area contributed by atoms with Crippen molar-refractivity contribution in [3.05, 3.63) is 23.0 Å². The van der Waals surface area contributed by atoms with Gasteiger partial charge in [0, 0.05) is 12.6 Å². The Labute approximate surface area is 83.3 Å². The van der Waals surface area contributed by atoms with Crippen LogP contribution in [-0.2, 0) is 0 Å². The Kier molecular flexibility index (Phi) is 3.51. The Morgan fingerprint density at radius 2 is 2.38 bits per heavy atom. The fourth-order valence-electron chi connectivity index (χ4n) is 0.980. The van der Waals surface area contributed by atoms with Gasteiger partial charge in [-0.15, -0.1) is 0 Å². The number of aromatic nitrogens is 1. The van der Waals surface area contributed by atoms with Crippen LogP contribution in [0.2, 0.25) is 5.15 Å². The second-order valence-corrected chi connectivity index (χ2v) is 3.47. The van der Waals surface area contributed by atoms with Crippen molar-refractivity contribution < 1.29 is 0 Å². The third kappa shape index (κ3) is 2.86. The molecule has 0 aliphatic carbocycles.